The average molecular weight is 433 g/mol. The second-order valence-corrected chi connectivity index (χ2v) is 8.67. The van der Waals surface area contributed by atoms with Crippen molar-refractivity contribution in [3.63, 3.8) is 0 Å². The third-order valence-corrected chi connectivity index (χ3v) is 6.54. The van der Waals surface area contributed by atoms with E-state index in [1.165, 1.54) is 10.4 Å². The van der Waals surface area contributed by atoms with Gasteiger partial charge in [-0.15, -0.1) is 11.3 Å². The van der Waals surface area contributed by atoms with Gasteiger partial charge in [0.05, 0.1) is 25.3 Å². The Hall–Kier alpha value is -1.93. The number of carbonyl (C=O) groups is 1. The van der Waals surface area contributed by atoms with Crippen molar-refractivity contribution in [2.24, 2.45) is 0 Å². The molecule has 0 saturated carbocycles. The van der Waals surface area contributed by atoms with E-state index in [9.17, 15) is 9.90 Å². The van der Waals surface area contributed by atoms with Crippen LogP contribution in [0.1, 0.15) is 29.0 Å². The summed E-state index contributed by atoms with van der Waals surface area (Å²) in [5.74, 6) is 0.918. The van der Waals surface area contributed by atoms with Crippen molar-refractivity contribution in [2.75, 3.05) is 46.5 Å². The summed E-state index contributed by atoms with van der Waals surface area (Å²) in [7, 11) is 1.57. The SMILES string of the molecule is CCN(CC(=O)N1CCc2sccc2[C@@H]1COc1ccccc1C)C[C@H](O)COC. The first-order valence-electron chi connectivity index (χ1n) is 10.5. The summed E-state index contributed by atoms with van der Waals surface area (Å²) < 4.78 is 11.2. The number of nitrogens with zero attached hydrogens (tertiary/aromatic N) is 2. The minimum Gasteiger partial charge on any atom is -0.491 e. The van der Waals surface area contributed by atoms with Gasteiger partial charge >= 0.3 is 0 Å². The van der Waals surface area contributed by atoms with Gasteiger partial charge in [-0.05, 0) is 48.5 Å². The van der Waals surface area contributed by atoms with Crippen molar-refractivity contribution >= 4 is 17.2 Å². The minimum absolute atomic E-state index is 0.0664. The predicted octanol–water partition coefficient (Wildman–Crippen LogP) is 2.89. The van der Waals surface area contributed by atoms with Crippen LogP contribution in [0.15, 0.2) is 35.7 Å². The summed E-state index contributed by atoms with van der Waals surface area (Å²) >= 11 is 1.75. The number of aryl methyl sites for hydroxylation is 1. The quantitative estimate of drug-likeness (QED) is 0.626. The van der Waals surface area contributed by atoms with E-state index >= 15 is 0 Å². The van der Waals surface area contributed by atoms with Crippen LogP contribution in [0.25, 0.3) is 0 Å². The number of thiophene rings is 1. The summed E-state index contributed by atoms with van der Waals surface area (Å²) in [4.78, 5) is 18.5. The molecule has 30 heavy (non-hydrogen) atoms. The molecular formula is C23H32N2O4S. The lowest BCUT2D eigenvalue weighted by atomic mass is 10.0. The maximum absolute atomic E-state index is 13.2. The largest absolute Gasteiger partial charge is 0.491 e. The molecule has 3 rings (SSSR count). The molecule has 0 aliphatic carbocycles. The Morgan fingerprint density at radius 1 is 1.37 bits per heavy atom. The second-order valence-electron chi connectivity index (χ2n) is 7.67. The van der Waals surface area contributed by atoms with Crippen LogP contribution in [0.3, 0.4) is 0 Å². The first-order chi connectivity index (χ1) is 14.5. The molecular weight excluding hydrogens is 400 g/mol. The lowest BCUT2D eigenvalue weighted by molar-refractivity contribution is -0.136. The number of rotatable bonds is 10. The molecule has 0 radical (unpaired) electrons. The number of hydrogen-bond donors (Lipinski definition) is 1. The van der Waals surface area contributed by atoms with Gasteiger partial charge in [-0.3, -0.25) is 9.69 Å². The number of methoxy groups -OCH3 is 1. The lowest BCUT2D eigenvalue weighted by Crippen LogP contribution is -2.48. The summed E-state index contributed by atoms with van der Waals surface area (Å²) in [5, 5.41) is 12.2. The van der Waals surface area contributed by atoms with Gasteiger partial charge in [0.15, 0.2) is 0 Å². The Morgan fingerprint density at radius 2 is 2.17 bits per heavy atom. The number of benzene rings is 1. The van der Waals surface area contributed by atoms with Crippen LogP contribution >= 0.6 is 11.3 Å². The summed E-state index contributed by atoms with van der Waals surface area (Å²) in [5.41, 5.74) is 2.27. The average Bonchev–Trinajstić information content (AvgIpc) is 3.21. The number of likely N-dealkylation sites (N-methyl/N-ethyl adjacent to an activating group) is 1. The Balaban J connectivity index is 1.71. The number of para-hydroxylation sites is 1. The molecule has 2 atom stereocenters. The Bertz CT molecular complexity index is 825. The number of hydrogen-bond acceptors (Lipinski definition) is 6. The Morgan fingerprint density at radius 3 is 2.90 bits per heavy atom. The van der Waals surface area contributed by atoms with E-state index in [1.807, 2.05) is 47.9 Å². The molecule has 2 aromatic rings. The van der Waals surface area contributed by atoms with E-state index in [0.29, 0.717) is 26.2 Å². The van der Waals surface area contributed by atoms with E-state index in [1.54, 1.807) is 18.4 Å². The first-order valence-corrected chi connectivity index (χ1v) is 11.3. The van der Waals surface area contributed by atoms with Crippen LogP contribution < -0.4 is 4.74 Å². The van der Waals surface area contributed by atoms with Crippen LogP contribution in [0, 0.1) is 6.92 Å². The van der Waals surface area contributed by atoms with E-state index in [4.69, 9.17) is 9.47 Å². The molecule has 0 spiro atoms. The zero-order chi connectivity index (χ0) is 21.5. The van der Waals surface area contributed by atoms with Crippen LogP contribution in [0.2, 0.25) is 0 Å². The number of ether oxygens (including phenoxy) is 2. The third kappa shape index (κ3) is 5.60. The standard InChI is InChI=1S/C23H32N2O4S/c1-4-24(13-18(26)15-28-3)14-23(27)25-11-9-22-19(10-12-30-22)20(25)16-29-21-8-6-5-7-17(21)2/h5-8,10,12,18,20,26H,4,9,11,13-16H2,1-3H3/t18-,20-/m0/s1. The molecule has 1 aromatic carbocycles. The lowest BCUT2D eigenvalue weighted by Gasteiger charge is -2.37. The highest BCUT2D eigenvalue weighted by Crippen LogP contribution is 2.34. The molecule has 1 amide bonds. The van der Waals surface area contributed by atoms with E-state index in [-0.39, 0.29) is 25.1 Å². The van der Waals surface area contributed by atoms with E-state index in [2.05, 4.69) is 11.4 Å². The van der Waals surface area contributed by atoms with Gasteiger partial charge in [-0.25, -0.2) is 0 Å². The zero-order valence-corrected chi connectivity index (χ0v) is 18.9. The van der Waals surface area contributed by atoms with Crippen LogP contribution in [0.5, 0.6) is 5.75 Å². The number of fused-ring (bicyclic) bond motifs is 1. The first kappa shape index (κ1) is 22.7. The highest BCUT2D eigenvalue weighted by molar-refractivity contribution is 7.10. The fourth-order valence-electron chi connectivity index (χ4n) is 3.89. The number of carbonyl (C=O) groups excluding carboxylic acids is 1. The van der Waals surface area contributed by atoms with Gasteiger partial charge in [0.2, 0.25) is 5.91 Å². The van der Waals surface area contributed by atoms with Gasteiger partial charge in [-0.1, -0.05) is 25.1 Å². The normalized spacial score (nSPS) is 17.1. The van der Waals surface area contributed by atoms with Crippen LogP contribution in [0.4, 0.5) is 0 Å². The van der Waals surface area contributed by atoms with Crippen molar-refractivity contribution in [2.45, 2.75) is 32.4 Å². The molecule has 0 bridgehead atoms. The minimum atomic E-state index is -0.604. The van der Waals surface area contributed by atoms with Gasteiger partial charge in [-0.2, -0.15) is 0 Å². The Labute approximate surface area is 183 Å². The number of aliphatic hydroxyl groups excluding tert-OH is 1. The van der Waals surface area contributed by atoms with E-state index in [0.717, 1.165) is 17.7 Å². The van der Waals surface area contributed by atoms with Gasteiger partial charge in [0, 0.05) is 25.1 Å². The molecule has 2 heterocycles. The molecule has 0 fully saturated rings. The molecule has 0 unspecified atom stereocenters. The zero-order valence-electron chi connectivity index (χ0n) is 18.0. The Kier molecular flexibility index (Phi) is 8.27. The van der Waals surface area contributed by atoms with Crippen LogP contribution in [-0.2, 0) is 16.0 Å². The summed E-state index contributed by atoms with van der Waals surface area (Å²) in [6.45, 7) is 6.78. The van der Waals surface area contributed by atoms with Crippen molar-refractivity contribution in [3.8, 4) is 5.75 Å². The molecule has 1 aliphatic heterocycles. The second kappa shape index (κ2) is 10.9. The third-order valence-electron chi connectivity index (χ3n) is 5.54. The fraction of sp³-hybridized carbons (Fsp3) is 0.522. The molecule has 1 aromatic heterocycles. The molecule has 7 heteroatoms. The van der Waals surface area contributed by atoms with Gasteiger partial charge in [0.1, 0.15) is 12.4 Å². The highest BCUT2D eigenvalue weighted by atomic mass is 32.1. The predicted molar refractivity (Wildman–Crippen MR) is 119 cm³/mol. The maximum atomic E-state index is 13.2. The van der Waals surface area contributed by atoms with Crippen molar-refractivity contribution in [1.82, 2.24) is 9.80 Å². The van der Waals surface area contributed by atoms with Crippen LogP contribution in [-0.4, -0.2) is 73.4 Å². The highest BCUT2D eigenvalue weighted by Gasteiger charge is 2.33. The number of aliphatic hydroxyl groups is 1. The van der Waals surface area contributed by atoms with Crippen molar-refractivity contribution in [1.29, 1.82) is 0 Å². The topological polar surface area (TPSA) is 62.2 Å². The monoisotopic (exact) mass is 432 g/mol. The van der Waals surface area contributed by atoms with Crippen molar-refractivity contribution in [3.05, 3.63) is 51.7 Å². The van der Waals surface area contributed by atoms with Gasteiger partial charge in [0.25, 0.3) is 0 Å². The molecule has 1 N–H and O–H groups in total. The van der Waals surface area contributed by atoms with E-state index < -0.39 is 6.10 Å². The molecule has 0 saturated heterocycles. The maximum Gasteiger partial charge on any atom is 0.237 e. The van der Waals surface area contributed by atoms with Gasteiger partial charge < -0.3 is 19.5 Å². The smallest absolute Gasteiger partial charge is 0.237 e. The summed E-state index contributed by atoms with van der Waals surface area (Å²) in [6, 6.07) is 9.97. The fourth-order valence-corrected chi connectivity index (χ4v) is 4.82. The molecule has 6 nitrogen and oxygen atoms in total. The number of amides is 1. The molecule has 164 valence electrons. The molecule has 1 aliphatic rings. The summed E-state index contributed by atoms with van der Waals surface area (Å²) in [6.07, 6.45) is 0.269. The van der Waals surface area contributed by atoms with Crippen molar-refractivity contribution < 1.29 is 19.4 Å².